The summed E-state index contributed by atoms with van der Waals surface area (Å²) >= 11 is 0. The lowest BCUT2D eigenvalue weighted by Crippen LogP contribution is -2.30. The van der Waals surface area contributed by atoms with Crippen LogP contribution in [0.2, 0.25) is 0 Å². The molecule has 0 rings (SSSR count). The van der Waals surface area contributed by atoms with Crippen molar-refractivity contribution >= 4 is 39.5 Å². The number of hydrogen-bond acceptors (Lipinski definition) is 15. The van der Waals surface area contributed by atoms with Gasteiger partial charge in [-0.1, -0.05) is 286 Å². The molecule has 0 aromatic rings. The summed E-state index contributed by atoms with van der Waals surface area (Å²) in [4.78, 5) is 72.2. The van der Waals surface area contributed by atoms with Crippen LogP contribution in [0.25, 0.3) is 0 Å². The minimum atomic E-state index is -4.95. The summed E-state index contributed by atoms with van der Waals surface area (Å²) in [6, 6.07) is 0. The highest BCUT2D eigenvalue weighted by Gasteiger charge is 2.30. The van der Waals surface area contributed by atoms with Crippen LogP contribution in [-0.4, -0.2) is 96.7 Å². The van der Waals surface area contributed by atoms with Crippen molar-refractivity contribution in [3.63, 3.8) is 0 Å². The maximum atomic E-state index is 13.0. The first-order valence-corrected chi connectivity index (χ1v) is 38.0. The molecule has 19 heteroatoms. The number of hydrogen-bond donors (Lipinski definition) is 3. The summed E-state index contributed by atoms with van der Waals surface area (Å²) in [5, 5.41) is 10.5. The van der Waals surface area contributed by atoms with Gasteiger partial charge in [0.2, 0.25) is 0 Å². The molecule has 0 heterocycles. The number of carbonyl (C=O) groups excluding carboxylic acids is 4. The molecule has 0 amide bonds. The number of esters is 4. The second-order valence-corrected chi connectivity index (χ2v) is 28.1. The fraction of sp³-hybridized carbons (Fsp3) is 0.940. The highest BCUT2D eigenvalue weighted by molar-refractivity contribution is 7.47. The maximum Gasteiger partial charge on any atom is 0.472 e. The average molecular weight is 1270 g/mol. The Morgan fingerprint density at radius 2 is 0.535 bits per heavy atom. The van der Waals surface area contributed by atoms with Gasteiger partial charge in [0.15, 0.2) is 12.2 Å². The van der Waals surface area contributed by atoms with E-state index in [1.54, 1.807) is 0 Å². The van der Waals surface area contributed by atoms with Gasteiger partial charge in [0.25, 0.3) is 0 Å². The highest BCUT2D eigenvalue weighted by Crippen LogP contribution is 2.45. The number of ether oxygens (including phenoxy) is 4. The van der Waals surface area contributed by atoms with Gasteiger partial charge in [-0.05, 0) is 37.5 Å². The smallest absolute Gasteiger partial charge is 0.462 e. The zero-order valence-corrected chi connectivity index (χ0v) is 57.4. The van der Waals surface area contributed by atoms with Crippen LogP contribution in [0.1, 0.15) is 337 Å². The van der Waals surface area contributed by atoms with E-state index in [-0.39, 0.29) is 25.7 Å². The van der Waals surface area contributed by atoms with Crippen molar-refractivity contribution in [1.29, 1.82) is 0 Å². The first-order chi connectivity index (χ1) is 41.4. The molecule has 0 saturated heterocycles. The van der Waals surface area contributed by atoms with Crippen molar-refractivity contribution in [2.24, 2.45) is 11.8 Å². The Bertz CT molecular complexity index is 1680. The molecule has 0 aromatic heterocycles. The van der Waals surface area contributed by atoms with Crippen molar-refractivity contribution in [2.45, 2.75) is 355 Å². The van der Waals surface area contributed by atoms with Gasteiger partial charge in [-0.25, -0.2) is 9.13 Å². The molecule has 0 aliphatic rings. The first kappa shape index (κ1) is 84.1. The SMILES string of the molecule is CCCCCCCCCCCCCCCCCCCCCC(=O)O[C@H](COC(=O)CCCCCCCCCC(C)C)COP(=O)(O)OC[C@@H](O)COP(=O)(O)OC[C@@H](COC(=O)CCCCCCCCC)OC(=O)CCCCCCCCCC(C)C. The van der Waals surface area contributed by atoms with E-state index in [0.29, 0.717) is 37.5 Å². The average Bonchev–Trinajstić information content (AvgIpc) is 3.51. The van der Waals surface area contributed by atoms with E-state index in [1.807, 2.05) is 0 Å². The van der Waals surface area contributed by atoms with Crippen molar-refractivity contribution in [3.8, 4) is 0 Å². The monoisotopic (exact) mass is 1270 g/mol. The van der Waals surface area contributed by atoms with Crippen LogP contribution in [0.5, 0.6) is 0 Å². The number of aliphatic hydroxyl groups is 1. The van der Waals surface area contributed by atoms with E-state index < -0.39 is 97.5 Å². The Kier molecular flexibility index (Phi) is 58.0. The van der Waals surface area contributed by atoms with Gasteiger partial charge in [0, 0.05) is 25.7 Å². The van der Waals surface area contributed by atoms with E-state index in [9.17, 15) is 43.2 Å². The largest absolute Gasteiger partial charge is 0.472 e. The Labute approximate surface area is 524 Å². The summed E-state index contributed by atoms with van der Waals surface area (Å²) in [5.74, 6) is -0.736. The number of aliphatic hydroxyl groups excluding tert-OH is 1. The lowest BCUT2D eigenvalue weighted by molar-refractivity contribution is -0.161. The van der Waals surface area contributed by atoms with E-state index >= 15 is 0 Å². The van der Waals surface area contributed by atoms with E-state index in [4.69, 9.17) is 37.0 Å². The summed E-state index contributed by atoms with van der Waals surface area (Å²) in [6.45, 7) is 9.36. The zero-order valence-electron chi connectivity index (χ0n) is 55.6. The third kappa shape index (κ3) is 60.9. The molecule has 0 aromatic carbocycles. The van der Waals surface area contributed by atoms with Crippen LogP contribution in [-0.2, 0) is 65.4 Å². The van der Waals surface area contributed by atoms with E-state index in [1.165, 1.54) is 135 Å². The molecular weight excluding hydrogens is 1140 g/mol. The van der Waals surface area contributed by atoms with Crippen LogP contribution < -0.4 is 0 Å². The summed E-state index contributed by atoms with van der Waals surface area (Å²) < 4.78 is 68.0. The predicted octanol–water partition coefficient (Wildman–Crippen LogP) is 18.8. The number of phosphoric acid groups is 2. The summed E-state index contributed by atoms with van der Waals surface area (Å²) in [5.41, 5.74) is 0. The minimum absolute atomic E-state index is 0.103. The van der Waals surface area contributed by atoms with Gasteiger partial charge in [-0.15, -0.1) is 0 Å². The molecule has 0 bridgehead atoms. The fourth-order valence-corrected chi connectivity index (χ4v) is 11.6. The Balaban J connectivity index is 5.15. The zero-order chi connectivity index (χ0) is 63.6. The van der Waals surface area contributed by atoms with Crippen LogP contribution in [0, 0.1) is 11.8 Å². The maximum absolute atomic E-state index is 13.0. The highest BCUT2D eigenvalue weighted by atomic mass is 31.2. The van der Waals surface area contributed by atoms with E-state index in [2.05, 4.69) is 41.5 Å². The molecule has 0 spiro atoms. The van der Waals surface area contributed by atoms with Crippen LogP contribution in [0.15, 0.2) is 0 Å². The molecule has 0 aliphatic carbocycles. The topological polar surface area (TPSA) is 237 Å². The third-order valence-corrected chi connectivity index (χ3v) is 17.4. The second-order valence-electron chi connectivity index (χ2n) is 25.2. The van der Waals surface area contributed by atoms with Gasteiger partial charge in [-0.3, -0.25) is 37.3 Å². The number of unbranched alkanes of at least 4 members (excludes halogenated alkanes) is 36. The van der Waals surface area contributed by atoms with Crippen molar-refractivity contribution < 1.29 is 80.2 Å². The lowest BCUT2D eigenvalue weighted by Gasteiger charge is -2.21. The molecule has 0 saturated carbocycles. The van der Waals surface area contributed by atoms with Gasteiger partial charge in [-0.2, -0.15) is 0 Å². The third-order valence-electron chi connectivity index (χ3n) is 15.5. The van der Waals surface area contributed by atoms with Gasteiger partial charge < -0.3 is 33.8 Å². The van der Waals surface area contributed by atoms with Gasteiger partial charge >= 0.3 is 39.5 Å². The summed E-state index contributed by atoms with van der Waals surface area (Å²) in [7, 11) is -9.89. The number of phosphoric ester groups is 2. The molecule has 86 heavy (non-hydrogen) atoms. The Morgan fingerprint density at radius 3 is 0.791 bits per heavy atom. The van der Waals surface area contributed by atoms with Crippen molar-refractivity contribution in [1.82, 2.24) is 0 Å². The van der Waals surface area contributed by atoms with Gasteiger partial charge in [0.1, 0.15) is 19.3 Å². The van der Waals surface area contributed by atoms with Crippen molar-refractivity contribution in [2.75, 3.05) is 39.6 Å². The van der Waals surface area contributed by atoms with Crippen LogP contribution >= 0.6 is 15.6 Å². The minimum Gasteiger partial charge on any atom is -0.462 e. The van der Waals surface area contributed by atoms with Crippen molar-refractivity contribution in [3.05, 3.63) is 0 Å². The molecule has 2 unspecified atom stereocenters. The lowest BCUT2D eigenvalue weighted by atomic mass is 10.0. The van der Waals surface area contributed by atoms with Gasteiger partial charge in [0.05, 0.1) is 26.4 Å². The Hall–Kier alpha value is -1.94. The molecular formula is C67H130O17P2. The standard InChI is InChI=1S/C67H130O17P2/c1-7-9-11-13-15-16-17-18-19-20-21-22-23-24-25-26-32-39-45-51-66(71)83-63(56-78-65(70)50-44-38-33-27-30-35-41-47-59(3)4)58-82-86(75,76)80-54-61(68)53-79-85(73,74)81-57-62(55-77-64(69)49-43-37-29-14-12-10-8-2)84-67(72)52-46-40-34-28-31-36-42-48-60(5)6/h59-63,68H,7-58H2,1-6H3,(H,73,74)(H,75,76)/t61-,62+,63+/m0/s1. The predicted molar refractivity (Wildman–Crippen MR) is 345 cm³/mol. The normalized spacial score (nSPS) is 14.2. The number of rotatable bonds is 66. The van der Waals surface area contributed by atoms with Crippen LogP contribution in [0.4, 0.5) is 0 Å². The van der Waals surface area contributed by atoms with Crippen LogP contribution in [0.3, 0.4) is 0 Å². The second kappa shape index (κ2) is 59.4. The quantitative estimate of drug-likeness (QED) is 0.0222. The molecule has 0 aliphatic heterocycles. The molecule has 3 N–H and O–H groups in total. The summed E-state index contributed by atoms with van der Waals surface area (Å²) in [6.07, 6.45) is 43.5. The Morgan fingerprint density at radius 1 is 0.314 bits per heavy atom. The molecule has 0 fully saturated rings. The first-order valence-electron chi connectivity index (χ1n) is 35.0. The fourth-order valence-electron chi connectivity index (χ4n) is 10.1. The molecule has 17 nitrogen and oxygen atoms in total. The molecule has 5 atom stereocenters. The van der Waals surface area contributed by atoms with E-state index in [0.717, 1.165) is 109 Å². The molecule has 0 radical (unpaired) electrons. The number of carbonyl (C=O) groups is 4. The molecule has 510 valence electrons.